The molecule has 2 fully saturated rings. The van der Waals surface area contributed by atoms with Crippen LogP contribution in [0.4, 0.5) is 0 Å². The van der Waals surface area contributed by atoms with Crippen molar-refractivity contribution in [1.82, 2.24) is 9.88 Å². The van der Waals surface area contributed by atoms with Crippen LogP contribution in [-0.4, -0.2) is 48.3 Å². The van der Waals surface area contributed by atoms with Gasteiger partial charge in [-0.25, -0.2) is 0 Å². The van der Waals surface area contributed by atoms with Crippen LogP contribution in [0.3, 0.4) is 0 Å². The Morgan fingerprint density at radius 3 is 2.36 bits per heavy atom. The number of hydrogen-bond donors (Lipinski definition) is 0. The van der Waals surface area contributed by atoms with Crippen molar-refractivity contribution in [3.05, 3.63) is 35.5 Å². The summed E-state index contributed by atoms with van der Waals surface area (Å²) in [5.41, 5.74) is 2.77. The minimum Gasteiger partial charge on any atom is -0.399 e. The zero-order valence-electron chi connectivity index (χ0n) is 17.5. The van der Waals surface area contributed by atoms with Gasteiger partial charge in [0.05, 0.1) is 28.0 Å². The highest BCUT2D eigenvalue weighted by atomic mass is 16.7. The van der Waals surface area contributed by atoms with E-state index in [2.05, 4.69) is 51.8 Å². The van der Waals surface area contributed by atoms with Gasteiger partial charge >= 0.3 is 7.12 Å². The molecule has 0 aliphatic carbocycles. The molecule has 0 atom stereocenters. The SMILES string of the molecule is CN1CCC(c2nc3cc(B4OC(C)(C)C(C)(C)O4)ccc3cc2C#N)CC1. The highest BCUT2D eigenvalue weighted by Crippen LogP contribution is 2.37. The molecule has 0 saturated carbocycles. The minimum atomic E-state index is -0.404. The van der Waals surface area contributed by atoms with E-state index >= 15 is 0 Å². The molecular formula is C22H28BN3O2. The van der Waals surface area contributed by atoms with Crippen molar-refractivity contribution < 1.29 is 9.31 Å². The van der Waals surface area contributed by atoms with Gasteiger partial charge < -0.3 is 14.2 Å². The Labute approximate surface area is 167 Å². The molecule has 0 N–H and O–H groups in total. The van der Waals surface area contributed by atoms with Gasteiger partial charge in [-0.15, -0.1) is 0 Å². The van der Waals surface area contributed by atoms with Crippen molar-refractivity contribution in [2.45, 2.75) is 57.7 Å². The average Bonchev–Trinajstić information content (AvgIpc) is 2.88. The molecule has 146 valence electrons. The van der Waals surface area contributed by atoms with Crippen LogP contribution in [0.5, 0.6) is 0 Å². The molecule has 3 heterocycles. The number of rotatable bonds is 2. The summed E-state index contributed by atoms with van der Waals surface area (Å²) in [6.45, 7) is 10.3. The van der Waals surface area contributed by atoms with Gasteiger partial charge in [-0.2, -0.15) is 5.26 Å². The maximum absolute atomic E-state index is 9.66. The van der Waals surface area contributed by atoms with Gasteiger partial charge in [-0.05, 0) is 78.3 Å². The summed E-state index contributed by atoms with van der Waals surface area (Å²) in [7, 11) is 1.74. The van der Waals surface area contributed by atoms with Crippen LogP contribution in [0.15, 0.2) is 24.3 Å². The van der Waals surface area contributed by atoms with Gasteiger partial charge in [0.15, 0.2) is 0 Å². The van der Waals surface area contributed by atoms with E-state index < -0.39 is 7.12 Å². The van der Waals surface area contributed by atoms with Crippen molar-refractivity contribution >= 4 is 23.5 Å². The topological polar surface area (TPSA) is 58.4 Å². The second kappa shape index (κ2) is 6.84. The van der Waals surface area contributed by atoms with Gasteiger partial charge in [0, 0.05) is 11.3 Å². The second-order valence-electron chi connectivity index (χ2n) is 9.15. The smallest absolute Gasteiger partial charge is 0.399 e. The molecule has 4 rings (SSSR count). The van der Waals surface area contributed by atoms with E-state index in [0.29, 0.717) is 11.5 Å². The number of nitrogens with zero attached hydrogens (tertiary/aromatic N) is 3. The fraction of sp³-hybridized carbons (Fsp3) is 0.545. The van der Waals surface area contributed by atoms with Gasteiger partial charge in [0.2, 0.25) is 0 Å². The monoisotopic (exact) mass is 377 g/mol. The quantitative estimate of drug-likeness (QED) is 0.753. The van der Waals surface area contributed by atoms with Crippen LogP contribution in [0.1, 0.15) is 57.7 Å². The number of hydrogen-bond acceptors (Lipinski definition) is 5. The van der Waals surface area contributed by atoms with Gasteiger partial charge in [0.1, 0.15) is 6.07 Å². The highest BCUT2D eigenvalue weighted by Gasteiger charge is 2.51. The van der Waals surface area contributed by atoms with E-state index in [0.717, 1.165) is 48.0 Å². The summed E-state index contributed by atoms with van der Waals surface area (Å²) in [6.07, 6.45) is 2.08. The molecule has 5 nitrogen and oxygen atoms in total. The molecule has 0 unspecified atom stereocenters. The molecule has 2 saturated heterocycles. The first-order valence-electron chi connectivity index (χ1n) is 10.1. The van der Waals surface area contributed by atoms with Crippen molar-refractivity contribution in [2.24, 2.45) is 0 Å². The molecule has 1 aromatic carbocycles. The van der Waals surface area contributed by atoms with E-state index in [9.17, 15) is 5.26 Å². The molecule has 28 heavy (non-hydrogen) atoms. The Hall–Kier alpha value is -1.94. The number of likely N-dealkylation sites (tertiary alicyclic amines) is 1. The largest absolute Gasteiger partial charge is 0.494 e. The minimum absolute atomic E-state index is 0.343. The van der Waals surface area contributed by atoms with Crippen molar-refractivity contribution in [1.29, 1.82) is 5.26 Å². The fourth-order valence-electron chi connectivity index (χ4n) is 4.01. The van der Waals surface area contributed by atoms with Crippen molar-refractivity contribution in [3.8, 4) is 6.07 Å². The number of nitriles is 1. The summed E-state index contributed by atoms with van der Waals surface area (Å²) >= 11 is 0. The zero-order chi connectivity index (χ0) is 20.1. The van der Waals surface area contributed by atoms with E-state index in [-0.39, 0.29) is 11.2 Å². The Morgan fingerprint density at radius 2 is 1.75 bits per heavy atom. The third-order valence-corrected chi connectivity index (χ3v) is 6.62. The third-order valence-electron chi connectivity index (χ3n) is 6.62. The number of benzene rings is 1. The first-order chi connectivity index (χ1) is 13.2. The normalized spacial score (nSPS) is 22.5. The Morgan fingerprint density at radius 1 is 1.11 bits per heavy atom. The van der Waals surface area contributed by atoms with Crippen molar-refractivity contribution in [3.63, 3.8) is 0 Å². The Balaban J connectivity index is 1.71. The number of pyridine rings is 1. The van der Waals surface area contributed by atoms with Crippen LogP contribution < -0.4 is 5.46 Å². The lowest BCUT2D eigenvalue weighted by Gasteiger charge is -2.32. The van der Waals surface area contributed by atoms with Gasteiger partial charge in [-0.1, -0.05) is 12.1 Å². The number of piperidine rings is 1. The van der Waals surface area contributed by atoms with Crippen molar-refractivity contribution in [2.75, 3.05) is 20.1 Å². The molecule has 0 spiro atoms. The second-order valence-corrected chi connectivity index (χ2v) is 9.15. The Bertz CT molecular complexity index is 927. The molecule has 2 aliphatic heterocycles. The van der Waals surface area contributed by atoms with Gasteiger partial charge in [0.25, 0.3) is 0 Å². The molecule has 0 bridgehead atoms. The van der Waals surface area contributed by atoms with Crippen LogP contribution >= 0.6 is 0 Å². The molecular weight excluding hydrogens is 349 g/mol. The first-order valence-corrected chi connectivity index (χ1v) is 10.1. The number of fused-ring (bicyclic) bond motifs is 1. The summed E-state index contributed by atoms with van der Waals surface area (Å²) in [5, 5.41) is 10.6. The molecule has 1 aromatic heterocycles. The van der Waals surface area contributed by atoms with Crippen LogP contribution in [0.2, 0.25) is 0 Å². The first kappa shape index (κ1) is 19.4. The molecule has 0 amide bonds. The summed E-state index contributed by atoms with van der Waals surface area (Å²) in [5.74, 6) is 0.343. The zero-order valence-corrected chi connectivity index (χ0v) is 17.5. The van der Waals surface area contributed by atoms with Crippen LogP contribution in [0, 0.1) is 11.3 Å². The molecule has 0 radical (unpaired) electrons. The van der Waals surface area contributed by atoms with Crippen LogP contribution in [-0.2, 0) is 9.31 Å². The standard InChI is InChI=1S/C22H28BN3O2/c1-21(2)22(3,4)28-23(27-21)18-7-6-16-12-17(14-24)20(25-19(16)13-18)15-8-10-26(5)11-9-15/h6-7,12-13,15H,8-11H2,1-5H3. The highest BCUT2D eigenvalue weighted by molar-refractivity contribution is 6.62. The lowest BCUT2D eigenvalue weighted by atomic mass is 9.78. The maximum atomic E-state index is 9.66. The number of aromatic nitrogens is 1. The molecule has 2 aromatic rings. The summed E-state index contributed by atoms with van der Waals surface area (Å²) < 4.78 is 12.4. The summed E-state index contributed by atoms with van der Waals surface area (Å²) in [4.78, 5) is 7.28. The van der Waals surface area contributed by atoms with E-state index in [4.69, 9.17) is 14.3 Å². The molecule has 6 heteroatoms. The Kier molecular flexibility index (Phi) is 4.74. The maximum Gasteiger partial charge on any atom is 0.494 e. The third kappa shape index (κ3) is 3.32. The van der Waals surface area contributed by atoms with E-state index in [1.165, 1.54) is 0 Å². The lowest BCUT2D eigenvalue weighted by molar-refractivity contribution is 0.00578. The van der Waals surface area contributed by atoms with E-state index in [1.54, 1.807) is 0 Å². The van der Waals surface area contributed by atoms with Gasteiger partial charge in [-0.3, -0.25) is 4.98 Å². The van der Waals surface area contributed by atoms with E-state index in [1.807, 2.05) is 18.2 Å². The predicted octanol–water partition coefficient (Wildman–Crippen LogP) is 3.21. The average molecular weight is 377 g/mol. The summed E-state index contributed by atoms with van der Waals surface area (Å²) in [6, 6.07) is 10.4. The molecule has 2 aliphatic rings. The van der Waals surface area contributed by atoms with Crippen LogP contribution in [0.25, 0.3) is 10.9 Å². The fourth-order valence-corrected chi connectivity index (χ4v) is 4.01. The predicted molar refractivity (Wildman–Crippen MR) is 112 cm³/mol. The lowest BCUT2D eigenvalue weighted by Crippen LogP contribution is -2.41.